The molecule has 1 amide bonds. The third-order valence-electron chi connectivity index (χ3n) is 4.26. The van der Waals surface area contributed by atoms with E-state index < -0.39 is 28.8 Å². The van der Waals surface area contributed by atoms with Gasteiger partial charge in [0.25, 0.3) is 5.91 Å². The molecule has 1 aliphatic rings. The van der Waals surface area contributed by atoms with Crippen molar-refractivity contribution >= 4 is 17.2 Å². The van der Waals surface area contributed by atoms with Crippen molar-refractivity contribution in [1.29, 1.82) is 0 Å². The maximum absolute atomic E-state index is 13.0. The van der Waals surface area contributed by atoms with Crippen LogP contribution in [0.3, 0.4) is 0 Å². The van der Waals surface area contributed by atoms with E-state index in [1.807, 2.05) is 11.4 Å². The average Bonchev–Trinajstić information content (AvgIpc) is 3.02. The number of nitrogens with one attached hydrogen (secondary N) is 1. The highest BCUT2D eigenvalue weighted by atomic mass is 32.1. The standard InChI is InChI=1S/C17H16F3NO2S/c18-17(19,20)12-5-2-1-4-11(12)15(22)21-10-16(23)8-3-6-14-13(16)7-9-24-14/h1-2,4-5,7,9,23H,3,6,8,10H2,(H,21,22). The SMILES string of the molecule is O=C(NCC1(O)CCCc2sccc21)c1ccccc1C(F)(F)F. The van der Waals surface area contributed by atoms with Crippen molar-refractivity contribution in [2.24, 2.45) is 0 Å². The number of amides is 1. The van der Waals surface area contributed by atoms with Gasteiger partial charge in [0, 0.05) is 4.88 Å². The molecule has 0 bridgehead atoms. The summed E-state index contributed by atoms with van der Waals surface area (Å²) in [6.07, 6.45) is -2.48. The van der Waals surface area contributed by atoms with Gasteiger partial charge in [-0.15, -0.1) is 11.3 Å². The molecule has 24 heavy (non-hydrogen) atoms. The molecular weight excluding hydrogens is 339 g/mol. The monoisotopic (exact) mass is 355 g/mol. The van der Waals surface area contributed by atoms with Gasteiger partial charge in [0.1, 0.15) is 5.60 Å². The Morgan fingerprint density at radius 3 is 2.79 bits per heavy atom. The zero-order valence-electron chi connectivity index (χ0n) is 12.7. The molecule has 1 aromatic heterocycles. The highest BCUT2D eigenvalue weighted by Gasteiger charge is 2.37. The van der Waals surface area contributed by atoms with Gasteiger partial charge in [0.05, 0.1) is 17.7 Å². The van der Waals surface area contributed by atoms with Crippen LogP contribution in [0.4, 0.5) is 13.2 Å². The van der Waals surface area contributed by atoms with Crippen molar-refractivity contribution in [2.45, 2.75) is 31.0 Å². The third kappa shape index (κ3) is 3.18. The van der Waals surface area contributed by atoms with Crippen LogP contribution in [0.2, 0.25) is 0 Å². The fourth-order valence-corrected chi connectivity index (χ4v) is 4.07. The van der Waals surface area contributed by atoms with Crippen LogP contribution < -0.4 is 5.32 Å². The lowest BCUT2D eigenvalue weighted by Gasteiger charge is -2.32. The van der Waals surface area contributed by atoms with Crippen LogP contribution in [0.25, 0.3) is 0 Å². The van der Waals surface area contributed by atoms with Gasteiger partial charge in [-0.3, -0.25) is 4.79 Å². The second-order valence-corrected chi connectivity index (χ2v) is 6.87. The van der Waals surface area contributed by atoms with Gasteiger partial charge in [0.15, 0.2) is 0 Å². The summed E-state index contributed by atoms with van der Waals surface area (Å²) in [5.41, 5.74) is -1.87. The van der Waals surface area contributed by atoms with E-state index in [1.165, 1.54) is 12.1 Å². The Kier molecular flexibility index (Phi) is 4.40. The van der Waals surface area contributed by atoms with Crippen molar-refractivity contribution in [3.63, 3.8) is 0 Å². The Labute approximate surface area is 141 Å². The van der Waals surface area contributed by atoms with Crippen LogP contribution in [0.1, 0.15) is 39.2 Å². The van der Waals surface area contributed by atoms with E-state index in [9.17, 15) is 23.1 Å². The van der Waals surface area contributed by atoms with Crippen molar-refractivity contribution in [2.75, 3.05) is 6.54 Å². The number of hydrogen-bond donors (Lipinski definition) is 2. The molecule has 3 rings (SSSR count). The van der Waals surface area contributed by atoms with Gasteiger partial charge in [-0.2, -0.15) is 13.2 Å². The molecule has 0 saturated heterocycles. The molecular formula is C17H16F3NO2S. The summed E-state index contributed by atoms with van der Waals surface area (Å²) in [6.45, 7) is -0.109. The Morgan fingerprint density at radius 1 is 1.29 bits per heavy atom. The Balaban J connectivity index is 1.78. The summed E-state index contributed by atoms with van der Waals surface area (Å²) >= 11 is 1.54. The fraction of sp³-hybridized carbons (Fsp3) is 0.353. The predicted molar refractivity (Wildman–Crippen MR) is 84.9 cm³/mol. The van der Waals surface area contributed by atoms with Gasteiger partial charge in [-0.25, -0.2) is 0 Å². The summed E-state index contributed by atoms with van der Waals surface area (Å²) in [7, 11) is 0. The molecule has 2 N–H and O–H groups in total. The first-order valence-corrected chi connectivity index (χ1v) is 8.43. The van der Waals surface area contributed by atoms with Gasteiger partial charge in [-0.1, -0.05) is 12.1 Å². The van der Waals surface area contributed by atoms with Gasteiger partial charge < -0.3 is 10.4 Å². The highest BCUT2D eigenvalue weighted by molar-refractivity contribution is 7.10. The molecule has 1 aromatic carbocycles. The molecule has 2 aromatic rings. The van der Waals surface area contributed by atoms with E-state index in [4.69, 9.17) is 0 Å². The van der Waals surface area contributed by atoms with Crippen molar-refractivity contribution in [3.8, 4) is 0 Å². The van der Waals surface area contributed by atoms with Gasteiger partial charge in [-0.05, 0) is 48.4 Å². The normalized spacial score (nSPS) is 20.5. The molecule has 1 heterocycles. The number of aryl methyl sites for hydroxylation is 1. The number of thiophene rings is 1. The lowest BCUT2D eigenvalue weighted by Crippen LogP contribution is -2.42. The number of carbonyl (C=O) groups is 1. The fourth-order valence-electron chi connectivity index (χ4n) is 3.06. The minimum Gasteiger partial charge on any atom is -0.383 e. The van der Waals surface area contributed by atoms with E-state index in [0.29, 0.717) is 6.42 Å². The number of alkyl halides is 3. The van der Waals surface area contributed by atoms with Gasteiger partial charge in [0.2, 0.25) is 0 Å². The highest BCUT2D eigenvalue weighted by Crippen LogP contribution is 2.38. The third-order valence-corrected chi connectivity index (χ3v) is 5.24. The predicted octanol–water partition coefficient (Wildman–Crippen LogP) is 3.72. The first-order chi connectivity index (χ1) is 11.3. The molecule has 3 nitrogen and oxygen atoms in total. The number of hydrogen-bond acceptors (Lipinski definition) is 3. The molecule has 0 radical (unpaired) electrons. The molecule has 1 atom stereocenters. The summed E-state index contributed by atoms with van der Waals surface area (Å²) in [6, 6.07) is 6.46. The molecule has 0 spiro atoms. The molecule has 7 heteroatoms. The van der Waals surface area contributed by atoms with E-state index in [2.05, 4.69) is 5.32 Å². The maximum atomic E-state index is 13.0. The first-order valence-electron chi connectivity index (χ1n) is 7.55. The molecule has 0 fully saturated rings. The lowest BCUT2D eigenvalue weighted by molar-refractivity contribution is -0.137. The van der Waals surface area contributed by atoms with E-state index in [1.54, 1.807) is 11.3 Å². The zero-order valence-corrected chi connectivity index (χ0v) is 13.5. The number of carbonyl (C=O) groups excluding carboxylic acids is 1. The number of fused-ring (bicyclic) bond motifs is 1. The van der Waals surface area contributed by atoms with Crippen LogP contribution >= 0.6 is 11.3 Å². The maximum Gasteiger partial charge on any atom is 0.417 e. The largest absolute Gasteiger partial charge is 0.417 e. The summed E-state index contributed by atoms with van der Waals surface area (Å²) in [5, 5.41) is 15.2. The summed E-state index contributed by atoms with van der Waals surface area (Å²) in [4.78, 5) is 13.3. The molecule has 1 aliphatic carbocycles. The smallest absolute Gasteiger partial charge is 0.383 e. The van der Waals surface area contributed by atoms with Crippen LogP contribution in [-0.2, 0) is 18.2 Å². The van der Waals surface area contributed by atoms with Crippen molar-refractivity contribution in [1.82, 2.24) is 5.32 Å². The summed E-state index contributed by atoms with van der Waals surface area (Å²) < 4.78 is 39.0. The minimum absolute atomic E-state index is 0.109. The molecule has 0 saturated carbocycles. The Hall–Kier alpha value is -1.86. The molecule has 128 valence electrons. The second kappa shape index (κ2) is 6.22. The topological polar surface area (TPSA) is 49.3 Å². The van der Waals surface area contributed by atoms with Crippen LogP contribution in [0.5, 0.6) is 0 Å². The Bertz CT molecular complexity index is 756. The second-order valence-electron chi connectivity index (χ2n) is 5.87. The zero-order chi connectivity index (χ0) is 17.4. The van der Waals surface area contributed by atoms with Crippen molar-refractivity contribution < 1.29 is 23.1 Å². The molecule has 0 aliphatic heterocycles. The number of rotatable bonds is 3. The van der Waals surface area contributed by atoms with E-state index in [0.717, 1.165) is 35.4 Å². The van der Waals surface area contributed by atoms with Crippen molar-refractivity contribution in [3.05, 3.63) is 57.3 Å². The van der Waals surface area contributed by atoms with Gasteiger partial charge >= 0.3 is 6.18 Å². The number of halogens is 3. The van der Waals surface area contributed by atoms with Crippen LogP contribution in [0, 0.1) is 0 Å². The lowest BCUT2D eigenvalue weighted by atomic mass is 9.83. The average molecular weight is 355 g/mol. The first kappa shape index (κ1) is 17.0. The van der Waals surface area contributed by atoms with E-state index >= 15 is 0 Å². The van der Waals surface area contributed by atoms with E-state index in [-0.39, 0.29) is 6.54 Å². The summed E-state index contributed by atoms with van der Waals surface area (Å²) in [5.74, 6) is -0.835. The number of aliphatic hydroxyl groups is 1. The molecule has 1 unspecified atom stereocenters. The number of benzene rings is 1. The quantitative estimate of drug-likeness (QED) is 0.882. The van der Waals surface area contributed by atoms with Crippen LogP contribution in [-0.4, -0.2) is 17.6 Å². The van der Waals surface area contributed by atoms with Crippen LogP contribution in [0.15, 0.2) is 35.7 Å². The Morgan fingerprint density at radius 2 is 2.04 bits per heavy atom. The minimum atomic E-state index is -4.60.